The van der Waals surface area contributed by atoms with Crippen LogP contribution in [0.4, 0.5) is 17.2 Å². The summed E-state index contributed by atoms with van der Waals surface area (Å²) >= 11 is 6.80. The van der Waals surface area contributed by atoms with Crippen molar-refractivity contribution < 1.29 is 9.53 Å². The summed E-state index contributed by atoms with van der Waals surface area (Å²) < 4.78 is 6.43. The molecule has 8 heteroatoms. The van der Waals surface area contributed by atoms with Gasteiger partial charge in [0.25, 0.3) is 0 Å². The van der Waals surface area contributed by atoms with E-state index in [1.165, 1.54) is 29.5 Å². The number of hydrogen-bond acceptors (Lipinski definition) is 6. The van der Waals surface area contributed by atoms with Gasteiger partial charge in [-0.15, -0.1) is 0 Å². The van der Waals surface area contributed by atoms with Crippen molar-refractivity contribution in [3.8, 4) is 16.9 Å². The smallest absolute Gasteiger partial charge is 0.248 e. The predicted octanol–water partition coefficient (Wildman–Crippen LogP) is 7.51. The molecule has 4 aromatic rings. The zero-order valence-corrected chi connectivity index (χ0v) is 24.5. The number of amides is 1. The third kappa shape index (κ3) is 5.46. The first kappa shape index (κ1) is 26.9. The second-order valence-corrected chi connectivity index (χ2v) is 12.0. The Morgan fingerprint density at radius 3 is 2.74 bits per heavy atom. The van der Waals surface area contributed by atoms with Crippen molar-refractivity contribution in [2.24, 2.45) is 0 Å². The molecule has 1 heterocycles. The van der Waals surface area contributed by atoms with E-state index in [4.69, 9.17) is 16.3 Å². The molecule has 0 spiro atoms. The van der Waals surface area contributed by atoms with Gasteiger partial charge in [-0.25, -0.2) is 9.97 Å². The first-order valence-corrected chi connectivity index (χ1v) is 15.2. The summed E-state index contributed by atoms with van der Waals surface area (Å²) in [4.78, 5) is 24.5. The highest BCUT2D eigenvalue weighted by atomic mass is 35.5. The zero-order valence-electron chi connectivity index (χ0n) is 23.7. The Bertz CT molecular complexity index is 1690. The molecule has 2 saturated carbocycles. The van der Waals surface area contributed by atoms with Crippen molar-refractivity contribution in [2.75, 3.05) is 24.2 Å². The number of likely N-dealkylation sites (N-methyl/N-ethyl adjacent to an activating group) is 1. The maximum Gasteiger partial charge on any atom is 0.248 e. The van der Waals surface area contributed by atoms with Gasteiger partial charge in [-0.3, -0.25) is 9.69 Å². The molecular formula is C34H34ClN5O2. The van der Waals surface area contributed by atoms with Crippen molar-refractivity contribution in [2.45, 2.75) is 57.1 Å². The second-order valence-electron chi connectivity index (χ2n) is 11.6. The monoisotopic (exact) mass is 579 g/mol. The molecule has 0 atom stereocenters. The van der Waals surface area contributed by atoms with Crippen LogP contribution in [-0.2, 0) is 11.2 Å². The van der Waals surface area contributed by atoms with Crippen LogP contribution in [0.25, 0.3) is 22.0 Å². The van der Waals surface area contributed by atoms with Crippen LogP contribution in [0.2, 0.25) is 5.02 Å². The van der Waals surface area contributed by atoms with Gasteiger partial charge in [0.15, 0.2) is 0 Å². The van der Waals surface area contributed by atoms with Crippen molar-refractivity contribution in [1.29, 1.82) is 0 Å². The number of benzene rings is 3. The number of fused-ring (bicyclic) bond motifs is 4. The molecule has 0 unspecified atom stereocenters. The summed E-state index contributed by atoms with van der Waals surface area (Å²) in [5.74, 6) is 1.05. The molecule has 0 radical (unpaired) electrons. The number of carbonyl (C=O) groups excluding carboxylic acids is 1. The van der Waals surface area contributed by atoms with E-state index in [0.29, 0.717) is 28.3 Å². The lowest BCUT2D eigenvalue weighted by atomic mass is 10.0. The van der Waals surface area contributed by atoms with Crippen LogP contribution in [0.3, 0.4) is 0 Å². The van der Waals surface area contributed by atoms with Gasteiger partial charge in [-0.2, -0.15) is 0 Å². The van der Waals surface area contributed by atoms with Crippen molar-refractivity contribution in [3.05, 3.63) is 83.2 Å². The molecule has 0 saturated heterocycles. The topological polar surface area (TPSA) is 79.4 Å². The third-order valence-electron chi connectivity index (χ3n) is 8.58. The highest BCUT2D eigenvalue weighted by molar-refractivity contribution is 6.34. The maximum atomic E-state index is 13.0. The van der Waals surface area contributed by atoms with Gasteiger partial charge in [0.1, 0.15) is 17.9 Å². The number of hydrogen-bond donors (Lipinski definition) is 2. The Morgan fingerprint density at radius 2 is 1.90 bits per heavy atom. The van der Waals surface area contributed by atoms with E-state index in [0.717, 1.165) is 60.8 Å². The minimum atomic E-state index is -0.193. The number of carbonyl (C=O) groups is 1. The molecule has 3 aliphatic rings. The summed E-state index contributed by atoms with van der Waals surface area (Å²) in [5.41, 5.74) is 6.92. The maximum absolute atomic E-state index is 13.0. The number of halogens is 1. The molecule has 7 nitrogen and oxygen atoms in total. The summed E-state index contributed by atoms with van der Waals surface area (Å²) in [6, 6.07) is 16.9. The number of anilines is 3. The van der Waals surface area contributed by atoms with Gasteiger partial charge < -0.3 is 15.4 Å². The Morgan fingerprint density at radius 1 is 1.07 bits per heavy atom. The highest BCUT2D eigenvalue weighted by Gasteiger charge is 2.26. The van der Waals surface area contributed by atoms with Crippen LogP contribution in [-0.4, -0.2) is 46.5 Å². The molecule has 1 amide bonds. The summed E-state index contributed by atoms with van der Waals surface area (Å²) in [6.07, 6.45) is 12.9. The van der Waals surface area contributed by atoms with E-state index < -0.39 is 0 Å². The number of rotatable bonds is 9. The molecule has 2 N–H and O–H groups in total. The molecular weight excluding hydrogens is 546 g/mol. The minimum Gasteiger partial charge on any atom is -0.488 e. The molecule has 214 valence electrons. The van der Waals surface area contributed by atoms with E-state index in [2.05, 4.69) is 62.9 Å². The van der Waals surface area contributed by atoms with Crippen molar-refractivity contribution in [3.63, 3.8) is 0 Å². The SMILES string of the molecule is CN(C/C=C/C(=O)Nc1cc2c(Nc3c(Cl)ccc4c3-c3ccccc3C4)ncnc2cc1OC1CCCC1)C1CC1. The Kier molecular flexibility index (Phi) is 7.30. The fourth-order valence-electron chi connectivity index (χ4n) is 6.17. The largest absolute Gasteiger partial charge is 0.488 e. The Hall–Kier alpha value is -3.94. The fraction of sp³-hybridized carbons (Fsp3) is 0.324. The first-order chi connectivity index (χ1) is 20.5. The molecule has 0 aliphatic heterocycles. The summed E-state index contributed by atoms with van der Waals surface area (Å²) in [5, 5.41) is 8.00. The summed E-state index contributed by atoms with van der Waals surface area (Å²) in [7, 11) is 2.10. The normalized spacial score (nSPS) is 16.3. The molecule has 1 aromatic heterocycles. The third-order valence-corrected chi connectivity index (χ3v) is 8.89. The lowest BCUT2D eigenvalue weighted by Crippen LogP contribution is -2.21. The predicted molar refractivity (Wildman–Crippen MR) is 169 cm³/mol. The summed E-state index contributed by atoms with van der Waals surface area (Å²) in [6.45, 7) is 0.744. The molecule has 2 fully saturated rings. The molecule has 3 aromatic carbocycles. The second kappa shape index (κ2) is 11.4. The average molecular weight is 580 g/mol. The van der Waals surface area contributed by atoms with E-state index in [-0.39, 0.29) is 12.0 Å². The lowest BCUT2D eigenvalue weighted by molar-refractivity contribution is -0.111. The van der Waals surface area contributed by atoms with Crippen LogP contribution in [0.5, 0.6) is 5.75 Å². The van der Waals surface area contributed by atoms with Gasteiger partial charge >= 0.3 is 0 Å². The molecule has 3 aliphatic carbocycles. The Balaban J connectivity index is 1.23. The average Bonchev–Trinajstić information content (AvgIpc) is 3.59. The number of nitrogens with zero attached hydrogens (tertiary/aromatic N) is 3. The number of ether oxygens (including phenoxy) is 1. The van der Waals surface area contributed by atoms with Gasteiger partial charge in [0.2, 0.25) is 5.91 Å². The highest BCUT2D eigenvalue weighted by Crippen LogP contribution is 2.46. The lowest BCUT2D eigenvalue weighted by Gasteiger charge is -2.19. The van der Waals surface area contributed by atoms with Crippen LogP contribution >= 0.6 is 11.6 Å². The van der Waals surface area contributed by atoms with E-state index in [1.54, 1.807) is 12.4 Å². The quantitative estimate of drug-likeness (QED) is 0.176. The standard InChI is InChI=1S/C34H34ClN5O2/c1-40(23-13-14-23)16-6-11-31(41)38-29-18-26-28(19-30(29)42-24-8-3-4-9-24)36-20-37-34(26)39-33-27(35)15-12-22-17-21-7-2-5-10-25(21)32(22)33/h2,5-7,10-12,15,18-20,23-24H,3-4,8-9,13-14,16-17H2,1H3,(H,38,41)(H,36,37,39)/b11-6+. The van der Waals surface area contributed by atoms with Gasteiger partial charge in [-0.1, -0.05) is 48.0 Å². The van der Waals surface area contributed by atoms with E-state index >= 15 is 0 Å². The van der Waals surface area contributed by atoms with Crippen molar-refractivity contribution in [1.82, 2.24) is 14.9 Å². The van der Waals surface area contributed by atoms with Crippen LogP contribution in [0.15, 0.2) is 67.0 Å². The molecule has 42 heavy (non-hydrogen) atoms. The van der Waals surface area contributed by atoms with Gasteiger partial charge in [0, 0.05) is 35.7 Å². The Labute approximate surface area is 251 Å². The van der Waals surface area contributed by atoms with Gasteiger partial charge in [0.05, 0.1) is 28.0 Å². The van der Waals surface area contributed by atoms with Crippen molar-refractivity contribution >= 4 is 45.6 Å². The molecule has 7 rings (SSSR count). The number of aromatic nitrogens is 2. The minimum absolute atomic E-state index is 0.131. The van der Waals surface area contributed by atoms with E-state index in [9.17, 15) is 4.79 Å². The van der Waals surface area contributed by atoms with Crippen LogP contribution in [0, 0.1) is 0 Å². The first-order valence-electron chi connectivity index (χ1n) is 14.8. The van der Waals surface area contributed by atoms with E-state index in [1.807, 2.05) is 24.3 Å². The number of nitrogens with one attached hydrogen (secondary N) is 2. The van der Waals surface area contributed by atoms with Gasteiger partial charge in [-0.05, 0) is 80.8 Å². The van der Waals surface area contributed by atoms with Crippen LogP contribution < -0.4 is 15.4 Å². The fourth-order valence-corrected chi connectivity index (χ4v) is 6.37. The zero-order chi connectivity index (χ0) is 28.6. The molecule has 0 bridgehead atoms. The van der Waals surface area contributed by atoms with Crippen LogP contribution in [0.1, 0.15) is 49.7 Å².